The van der Waals surface area contributed by atoms with Crippen molar-refractivity contribution in [2.45, 2.75) is 30.9 Å². The van der Waals surface area contributed by atoms with Crippen LogP contribution in [0.1, 0.15) is 19.3 Å². The third-order valence-corrected chi connectivity index (χ3v) is 6.14. The number of likely N-dealkylation sites (tertiary alicyclic amines) is 2. The summed E-state index contributed by atoms with van der Waals surface area (Å²) in [6.45, 7) is 4.70. The maximum Gasteiger partial charge on any atom is 0.409 e. The van der Waals surface area contributed by atoms with Gasteiger partial charge in [0.2, 0.25) is 5.91 Å². The van der Waals surface area contributed by atoms with Crippen LogP contribution >= 0.6 is 0 Å². The number of hydrogen-bond donors (Lipinski definition) is 1. The Balaban J connectivity index is 1.77. The highest BCUT2D eigenvalue weighted by molar-refractivity contribution is 6.00. The second-order valence-corrected chi connectivity index (χ2v) is 7.67. The van der Waals surface area contributed by atoms with Crippen LogP contribution in [0.5, 0.6) is 0 Å². The molecule has 1 N–H and O–H groups in total. The number of hydrogen-bond acceptors (Lipinski definition) is 5. The van der Waals surface area contributed by atoms with Crippen LogP contribution in [0.15, 0.2) is 43.0 Å². The molecule has 162 valence electrons. The van der Waals surface area contributed by atoms with Crippen LogP contribution in [0, 0.1) is 5.92 Å². The van der Waals surface area contributed by atoms with Crippen LogP contribution in [0.2, 0.25) is 0 Å². The number of amides is 3. The van der Waals surface area contributed by atoms with E-state index in [1.54, 1.807) is 35.1 Å². The van der Waals surface area contributed by atoms with Gasteiger partial charge in [0, 0.05) is 32.9 Å². The molecule has 0 bridgehead atoms. The molecular weight excluding hydrogens is 386 g/mol. The number of anilines is 1. The van der Waals surface area contributed by atoms with Gasteiger partial charge in [0.25, 0.3) is 5.91 Å². The van der Waals surface area contributed by atoms with Gasteiger partial charge in [-0.15, -0.1) is 6.58 Å². The molecule has 2 saturated heterocycles. The van der Waals surface area contributed by atoms with Gasteiger partial charge in [0.15, 0.2) is 0 Å². The van der Waals surface area contributed by atoms with Crippen molar-refractivity contribution in [3.63, 3.8) is 0 Å². The smallest absolute Gasteiger partial charge is 0.409 e. The summed E-state index contributed by atoms with van der Waals surface area (Å²) in [6.07, 6.45) is 1.99. The second kappa shape index (κ2) is 9.30. The van der Waals surface area contributed by atoms with Gasteiger partial charge in [-0.2, -0.15) is 0 Å². The number of rotatable bonds is 6. The normalized spacial score (nSPS) is 22.8. The molecule has 0 aliphatic carbocycles. The Bertz CT molecular complexity index is 789. The van der Waals surface area contributed by atoms with E-state index in [-0.39, 0.29) is 24.5 Å². The van der Waals surface area contributed by atoms with Crippen LogP contribution in [0.25, 0.3) is 0 Å². The fourth-order valence-corrected chi connectivity index (χ4v) is 4.45. The van der Waals surface area contributed by atoms with E-state index in [4.69, 9.17) is 9.47 Å². The Morgan fingerprint density at radius 3 is 2.53 bits per heavy atom. The molecule has 1 aromatic rings. The zero-order valence-corrected chi connectivity index (χ0v) is 17.5. The van der Waals surface area contributed by atoms with Gasteiger partial charge in [-0.05, 0) is 31.4 Å². The van der Waals surface area contributed by atoms with Gasteiger partial charge >= 0.3 is 6.09 Å². The van der Waals surface area contributed by atoms with Crippen LogP contribution in [0.3, 0.4) is 0 Å². The Hall–Kier alpha value is -2.87. The van der Waals surface area contributed by atoms with Crippen LogP contribution in [-0.4, -0.2) is 73.2 Å². The first kappa shape index (κ1) is 21.8. The highest BCUT2D eigenvalue weighted by Gasteiger charge is 2.61. The lowest BCUT2D eigenvalue weighted by molar-refractivity contribution is -0.138. The minimum Gasteiger partial charge on any atom is -0.449 e. The SMILES string of the molecule is C=CCCOC(=O)N1CCC2(CC1)[C@H](C(=O)Nc1ccccc1)[C@@H](OC)C(=O)N2C. The molecule has 2 fully saturated rings. The average molecular weight is 415 g/mol. The average Bonchev–Trinajstić information content (AvgIpc) is 2.96. The molecule has 0 unspecified atom stereocenters. The van der Waals surface area contributed by atoms with E-state index < -0.39 is 17.6 Å². The number of carbonyl (C=O) groups excluding carboxylic acids is 3. The summed E-state index contributed by atoms with van der Waals surface area (Å²) in [5.74, 6) is -1.15. The van der Waals surface area contributed by atoms with Gasteiger partial charge in [-0.3, -0.25) is 9.59 Å². The number of carbonyl (C=O) groups is 3. The highest BCUT2D eigenvalue weighted by atomic mass is 16.6. The first-order valence-corrected chi connectivity index (χ1v) is 10.1. The van der Waals surface area contributed by atoms with Crippen LogP contribution in [-0.2, 0) is 19.1 Å². The topological polar surface area (TPSA) is 88.2 Å². The van der Waals surface area contributed by atoms with Crippen molar-refractivity contribution >= 4 is 23.6 Å². The van der Waals surface area contributed by atoms with Gasteiger partial charge in [0.05, 0.1) is 18.1 Å². The number of ether oxygens (including phenoxy) is 2. The lowest BCUT2D eigenvalue weighted by Gasteiger charge is -2.45. The van der Waals surface area contributed by atoms with Gasteiger partial charge in [0.1, 0.15) is 6.10 Å². The van der Waals surface area contributed by atoms with Crippen molar-refractivity contribution in [2.75, 3.05) is 39.2 Å². The van der Waals surface area contributed by atoms with E-state index in [0.717, 1.165) is 0 Å². The molecule has 2 heterocycles. The number of nitrogens with one attached hydrogen (secondary N) is 1. The Morgan fingerprint density at radius 1 is 1.27 bits per heavy atom. The molecule has 2 aliphatic rings. The summed E-state index contributed by atoms with van der Waals surface area (Å²) in [5.41, 5.74) is -0.0492. The lowest BCUT2D eigenvalue weighted by atomic mass is 9.75. The summed E-state index contributed by atoms with van der Waals surface area (Å²) in [7, 11) is 3.16. The van der Waals surface area contributed by atoms with E-state index in [2.05, 4.69) is 11.9 Å². The number of para-hydroxylation sites is 1. The number of nitrogens with zero attached hydrogens (tertiary/aromatic N) is 2. The van der Waals surface area contributed by atoms with Crippen molar-refractivity contribution in [1.82, 2.24) is 9.80 Å². The van der Waals surface area contributed by atoms with Crippen LogP contribution < -0.4 is 5.32 Å². The molecule has 3 rings (SSSR count). The summed E-state index contributed by atoms with van der Waals surface area (Å²) >= 11 is 0. The standard InChI is InChI=1S/C22H29N3O5/c1-4-5-15-30-21(28)25-13-11-22(12-14-25)17(18(29-3)20(27)24(22)2)19(26)23-16-9-7-6-8-10-16/h4,6-10,17-18H,1,5,11-15H2,2-3H3,(H,23,26)/t17-,18+/m0/s1. The van der Waals surface area contributed by atoms with Crippen molar-refractivity contribution in [3.05, 3.63) is 43.0 Å². The van der Waals surface area contributed by atoms with E-state index in [1.165, 1.54) is 7.11 Å². The molecule has 8 heteroatoms. The molecule has 30 heavy (non-hydrogen) atoms. The van der Waals surface area contributed by atoms with Crippen LogP contribution in [0.4, 0.5) is 10.5 Å². The third kappa shape index (κ3) is 4.05. The van der Waals surface area contributed by atoms with E-state index in [0.29, 0.717) is 38.0 Å². The molecule has 0 aromatic heterocycles. The first-order valence-electron chi connectivity index (χ1n) is 10.1. The Morgan fingerprint density at radius 2 is 1.93 bits per heavy atom. The number of methoxy groups -OCH3 is 1. The molecule has 1 spiro atoms. The predicted octanol–water partition coefficient (Wildman–Crippen LogP) is 2.28. The summed E-state index contributed by atoms with van der Waals surface area (Å²) in [4.78, 5) is 41.7. The highest BCUT2D eigenvalue weighted by Crippen LogP contribution is 2.44. The zero-order valence-electron chi connectivity index (χ0n) is 17.5. The van der Waals surface area contributed by atoms with Crippen molar-refractivity contribution in [3.8, 4) is 0 Å². The third-order valence-electron chi connectivity index (χ3n) is 6.14. The minimum absolute atomic E-state index is 0.215. The van der Waals surface area contributed by atoms with E-state index in [1.807, 2.05) is 18.2 Å². The fourth-order valence-electron chi connectivity index (χ4n) is 4.45. The minimum atomic E-state index is -0.857. The van der Waals surface area contributed by atoms with Crippen molar-refractivity contribution < 1.29 is 23.9 Å². The monoisotopic (exact) mass is 415 g/mol. The van der Waals surface area contributed by atoms with Crippen molar-refractivity contribution in [1.29, 1.82) is 0 Å². The summed E-state index contributed by atoms with van der Waals surface area (Å²) in [5, 5.41) is 2.92. The predicted molar refractivity (Wildman–Crippen MR) is 112 cm³/mol. The Kier molecular flexibility index (Phi) is 6.77. The summed E-state index contributed by atoms with van der Waals surface area (Å²) < 4.78 is 10.7. The molecule has 0 saturated carbocycles. The zero-order chi connectivity index (χ0) is 21.7. The number of benzene rings is 1. The number of likely N-dealkylation sites (N-methyl/N-ethyl adjacent to an activating group) is 1. The molecule has 0 radical (unpaired) electrons. The summed E-state index contributed by atoms with van der Waals surface area (Å²) in [6, 6.07) is 9.14. The maximum absolute atomic E-state index is 13.3. The molecule has 3 amide bonds. The quantitative estimate of drug-likeness (QED) is 0.569. The lowest BCUT2D eigenvalue weighted by Crippen LogP contribution is -2.58. The van der Waals surface area contributed by atoms with Gasteiger partial charge < -0.3 is 24.6 Å². The molecule has 2 atom stereocenters. The van der Waals surface area contributed by atoms with Gasteiger partial charge in [-0.1, -0.05) is 24.3 Å². The number of piperidine rings is 1. The molecule has 8 nitrogen and oxygen atoms in total. The largest absolute Gasteiger partial charge is 0.449 e. The Labute approximate surface area is 176 Å². The maximum atomic E-state index is 13.3. The fraction of sp³-hybridized carbons (Fsp3) is 0.500. The second-order valence-electron chi connectivity index (χ2n) is 7.67. The molecular formula is C22H29N3O5. The molecule has 2 aliphatic heterocycles. The molecule has 1 aromatic carbocycles. The van der Waals surface area contributed by atoms with E-state index >= 15 is 0 Å². The van der Waals surface area contributed by atoms with Crippen molar-refractivity contribution in [2.24, 2.45) is 5.92 Å². The van der Waals surface area contributed by atoms with Gasteiger partial charge in [-0.25, -0.2) is 4.79 Å². The first-order chi connectivity index (χ1) is 14.4. The van der Waals surface area contributed by atoms with E-state index in [9.17, 15) is 14.4 Å².